The first-order valence-electron chi connectivity index (χ1n) is 7.02. The Morgan fingerprint density at radius 1 is 1.40 bits per heavy atom. The maximum Gasteiger partial charge on any atom is 0.124 e. The predicted molar refractivity (Wildman–Crippen MR) is 93.4 cm³/mol. The molecule has 0 aliphatic carbocycles. The van der Waals surface area contributed by atoms with Gasteiger partial charge in [-0.2, -0.15) is 23.5 Å². The smallest absolute Gasteiger partial charge is 0.124 e. The fourth-order valence-electron chi connectivity index (χ4n) is 2.58. The van der Waals surface area contributed by atoms with Gasteiger partial charge in [0.2, 0.25) is 0 Å². The fourth-order valence-corrected chi connectivity index (χ4v) is 6.06. The number of rotatable bonds is 5. The number of hydrogen-bond donors (Lipinski definition) is 1. The molecule has 1 aliphatic heterocycles. The van der Waals surface area contributed by atoms with Gasteiger partial charge >= 0.3 is 0 Å². The predicted octanol–water partition coefficient (Wildman–Crippen LogP) is 4.35. The van der Waals surface area contributed by atoms with Gasteiger partial charge in [-0.3, -0.25) is 0 Å². The molecule has 1 aromatic rings. The molecular formula is C15H21BrFNS2. The molecule has 20 heavy (non-hydrogen) atoms. The van der Waals surface area contributed by atoms with Crippen LogP contribution >= 0.6 is 39.5 Å². The number of thioether (sulfide) groups is 2. The molecule has 0 spiro atoms. The third-order valence-corrected chi connectivity index (χ3v) is 7.54. The summed E-state index contributed by atoms with van der Waals surface area (Å²) >= 11 is 7.63. The van der Waals surface area contributed by atoms with Gasteiger partial charge in [0, 0.05) is 32.5 Å². The number of halogens is 2. The molecule has 3 atom stereocenters. The van der Waals surface area contributed by atoms with E-state index in [-0.39, 0.29) is 5.82 Å². The van der Waals surface area contributed by atoms with Gasteiger partial charge in [0.25, 0.3) is 0 Å². The molecule has 1 fully saturated rings. The second-order valence-corrected chi connectivity index (χ2v) is 8.64. The van der Waals surface area contributed by atoms with Crippen LogP contribution in [0, 0.1) is 5.82 Å². The van der Waals surface area contributed by atoms with E-state index >= 15 is 0 Å². The molecule has 0 bridgehead atoms. The average molecular weight is 378 g/mol. The zero-order valence-electron chi connectivity index (χ0n) is 11.9. The minimum Gasteiger partial charge on any atom is -0.313 e. The van der Waals surface area contributed by atoms with Gasteiger partial charge in [-0.1, -0.05) is 35.8 Å². The second-order valence-electron chi connectivity index (χ2n) is 5.02. The topological polar surface area (TPSA) is 12.0 Å². The standard InChI is InChI=1S/C15H21BrFNS2/c1-3-18-14(15-10(2)19-6-7-20-15)8-11-4-5-12(17)9-13(11)16/h4-5,9-10,14-15,18H,3,6-8H2,1-2H3. The second kappa shape index (κ2) is 8.06. The van der Waals surface area contributed by atoms with Crippen molar-refractivity contribution in [2.45, 2.75) is 36.8 Å². The SMILES string of the molecule is CCNC(Cc1ccc(F)cc1Br)C1SCCSC1C. The molecule has 0 amide bonds. The summed E-state index contributed by atoms with van der Waals surface area (Å²) in [5, 5.41) is 4.90. The molecule has 1 saturated heterocycles. The number of nitrogens with one attached hydrogen (secondary N) is 1. The van der Waals surface area contributed by atoms with Gasteiger partial charge in [-0.15, -0.1) is 0 Å². The summed E-state index contributed by atoms with van der Waals surface area (Å²) < 4.78 is 14.1. The highest BCUT2D eigenvalue weighted by molar-refractivity contribution is 9.10. The van der Waals surface area contributed by atoms with Crippen molar-refractivity contribution in [3.63, 3.8) is 0 Å². The Kier molecular flexibility index (Phi) is 6.72. The molecule has 0 radical (unpaired) electrons. The van der Waals surface area contributed by atoms with Gasteiger partial charge < -0.3 is 5.32 Å². The van der Waals surface area contributed by atoms with Crippen LogP contribution in [-0.2, 0) is 6.42 Å². The lowest BCUT2D eigenvalue weighted by atomic mass is 10.0. The van der Waals surface area contributed by atoms with E-state index in [1.165, 1.54) is 17.1 Å². The van der Waals surface area contributed by atoms with Crippen molar-refractivity contribution in [2.75, 3.05) is 18.1 Å². The van der Waals surface area contributed by atoms with Crippen molar-refractivity contribution in [3.8, 4) is 0 Å². The molecule has 1 heterocycles. The highest BCUT2D eigenvalue weighted by atomic mass is 79.9. The lowest BCUT2D eigenvalue weighted by molar-refractivity contribution is 0.499. The summed E-state index contributed by atoms with van der Waals surface area (Å²) in [7, 11) is 0. The Hall–Kier alpha value is 0.290. The molecule has 1 N–H and O–H groups in total. The van der Waals surface area contributed by atoms with Crippen molar-refractivity contribution in [2.24, 2.45) is 0 Å². The first-order chi connectivity index (χ1) is 9.61. The van der Waals surface area contributed by atoms with E-state index in [4.69, 9.17) is 0 Å². The van der Waals surface area contributed by atoms with E-state index in [0.29, 0.717) is 16.5 Å². The highest BCUT2D eigenvalue weighted by Crippen LogP contribution is 2.34. The molecule has 0 saturated carbocycles. The molecule has 0 aromatic heterocycles. The molecular weight excluding hydrogens is 357 g/mol. The van der Waals surface area contributed by atoms with Gasteiger partial charge in [0.15, 0.2) is 0 Å². The van der Waals surface area contributed by atoms with E-state index in [2.05, 4.69) is 58.6 Å². The minimum atomic E-state index is -0.184. The van der Waals surface area contributed by atoms with Gasteiger partial charge in [0.05, 0.1) is 0 Å². The Morgan fingerprint density at radius 3 is 2.80 bits per heavy atom. The minimum absolute atomic E-state index is 0.184. The number of likely N-dealkylation sites (N-methyl/N-ethyl adjacent to an activating group) is 1. The van der Waals surface area contributed by atoms with Crippen molar-refractivity contribution in [1.29, 1.82) is 0 Å². The van der Waals surface area contributed by atoms with Crippen molar-refractivity contribution in [3.05, 3.63) is 34.1 Å². The lowest BCUT2D eigenvalue weighted by Crippen LogP contribution is -2.45. The van der Waals surface area contributed by atoms with Gasteiger partial charge in [-0.25, -0.2) is 4.39 Å². The Labute approximate surface area is 138 Å². The van der Waals surface area contributed by atoms with Crippen molar-refractivity contribution < 1.29 is 4.39 Å². The summed E-state index contributed by atoms with van der Waals surface area (Å²) in [5.74, 6) is 2.30. The average Bonchev–Trinajstić information content (AvgIpc) is 2.42. The molecule has 1 aliphatic rings. The zero-order valence-corrected chi connectivity index (χ0v) is 15.1. The quantitative estimate of drug-likeness (QED) is 0.818. The summed E-state index contributed by atoms with van der Waals surface area (Å²) in [4.78, 5) is 0. The monoisotopic (exact) mass is 377 g/mol. The van der Waals surface area contributed by atoms with Gasteiger partial charge in [-0.05, 0) is 30.7 Å². The Balaban J connectivity index is 2.11. The van der Waals surface area contributed by atoms with Crippen molar-refractivity contribution in [1.82, 2.24) is 5.32 Å². The Bertz CT molecular complexity index is 444. The summed E-state index contributed by atoms with van der Waals surface area (Å²) in [6.07, 6.45) is 0.942. The van der Waals surface area contributed by atoms with Crippen LogP contribution in [0.5, 0.6) is 0 Å². The molecule has 1 nitrogen and oxygen atoms in total. The van der Waals surface area contributed by atoms with Crippen LogP contribution in [0.4, 0.5) is 4.39 Å². The van der Waals surface area contributed by atoms with Crippen LogP contribution < -0.4 is 5.32 Å². The summed E-state index contributed by atoms with van der Waals surface area (Å²) in [6, 6.07) is 5.45. The van der Waals surface area contributed by atoms with Crippen LogP contribution in [-0.4, -0.2) is 34.6 Å². The Morgan fingerprint density at radius 2 is 2.15 bits per heavy atom. The van der Waals surface area contributed by atoms with E-state index in [9.17, 15) is 4.39 Å². The zero-order chi connectivity index (χ0) is 14.5. The first kappa shape index (κ1) is 16.7. The molecule has 3 unspecified atom stereocenters. The summed E-state index contributed by atoms with van der Waals surface area (Å²) in [6.45, 7) is 5.45. The molecule has 2 rings (SSSR count). The van der Waals surface area contributed by atoms with Crippen LogP contribution in [0.15, 0.2) is 22.7 Å². The van der Waals surface area contributed by atoms with Crippen LogP contribution in [0.25, 0.3) is 0 Å². The lowest BCUT2D eigenvalue weighted by Gasteiger charge is -2.35. The van der Waals surface area contributed by atoms with Crippen LogP contribution in [0.2, 0.25) is 0 Å². The largest absolute Gasteiger partial charge is 0.313 e. The first-order valence-corrected chi connectivity index (χ1v) is 9.91. The molecule has 5 heteroatoms. The maximum absolute atomic E-state index is 13.2. The van der Waals surface area contributed by atoms with E-state index in [1.807, 2.05) is 6.07 Å². The molecule has 1 aromatic carbocycles. The number of benzene rings is 1. The van der Waals surface area contributed by atoms with E-state index in [0.717, 1.165) is 17.4 Å². The molecule has 112 valence electrons. The van der Waals surface area contributed by atoms with Crippen LogP contribution in [0.3, 0.4) is 0 Å². The normalized spacial score (nSPS) is 24.6. The van der Waals surface area contributed by atoms with E-state index in [1.54, 1.807) is 12.1 Å². The van der Waals surface area contributed by atoms with Crippen molar-refractivity contribution >= 4 is 39.5 Å². The third-order valence-electron chi connectivity index (χ3n) is 3.55. The maximum atomic E-state index is 13.2. The summed E-state index contributed by atoms with van der Waals surface area (Å²) in [5.41, 5.74) is 1.18. The van der Waals surface area contributed by atoms with E-state index < -0.39 is 0 Å². The van der Waals surface area contributed by atoms with Crippen LogP contribution in [0.1, 0.15) is 19.4 Å². The highest BCUT2D eigenvalue weighted by Gasteiger charge is 2.30. The van der Waals surface area contributed by atoms with Gasteiger partial charge in [0.1, 0.15) is 5.82 Å². The third kappa shape index (κ3) is 4.39. The fraction of sp³-hybridized carbons (Fsp3) is 0.600. The number of hydrogen-bond acceptors (Lipinski definition) is 3.